The second-order valence-electron chi connectivity index (χ2n) is 5.76. The minimum absolute atomic E-state index is 0.0344. The fourth-order valence-electron chi connectivity index (χ4n) is 2.91. The molecular formula is C15H16F3N3O2. The number of anilines is 1. The normalized spacial score (nSPS) is 18.2. The van der Waals surface area contributed by atoms with Crippen molar-refractivity contribution in [3.05, 3.63) is 34.9 Å². The monoisotopic (exact) mass is 327 g/mol. The molecule has 1 aliphatic rings. The molecule has 0 aromatic carbocycles. The molecule has 0 fully saturated rings. The molecule has 2 aromatic heterocycles. The largest absolute Gasteiger partial charge is 0.456 e. The van der Waals surface area contributed by atoms with Crippen LogP contribution in [0.25, 0.3) is 0 Å². The van der Waals surface area contributed by atoms with Crippen LogP contribution in [-0.4, -0.2) is 28.4 Å². The van der Waals surface area contributed by atoms with Gasteiger partial charge in [0, 0.05) is 18.2 Å². The van der Waals surface area contributed by atoms with E-state index < -0.39 is 18.1 Å². The maximum Gasteiger partial charge on any atom is 0.410 e. The summed E-state index contributed by atoms with van der Waals surface area (Å²) in [5.74, 6) is 0.436. The molecule has 0 saturated heterocycles. The fraction of sp³-hybridized carbons (Fsp3) is 0.467. The first-order valence-corrected chi connectivity index (χ1v) is 7.20. The third kappa shape index (κ3) is 2.62. The Labute approximate surface area is 130 Å². The van der Waals surface area contributed by atoms with Crippen molar-refractivity contribution in [3.63, 3.8) is 0 Å². The molecule has 8 heteroatoms. The number of hydrogen-bond acceptors (Lipinski definition) is 3. The summed E-state index contributed by atoms with van der Waals surface area (Å²) in [5, 5.41) is 3.93. The Hall–Kier alpha value is -2.25. The molecule has 0 spiro atoms. The number of amides is 1. The van der Waals surface area contributed by atoms with Gasteiger partial charge in [0.25, 0.3) is 5.91 Å². The number of aryl methyl sites for hydroxylation is 3. The Morgan fingerprint density at radius 3 is 2.57 bits per heavy atom. The van der Waals surface area contributed by atoms with Crippen LogP contribution in [0.4, 0.5) is 19.0 Å². The van der Waals surface area contributed by atoms with Gasteiger partial charge in [0.1, 0.15) is 11.6 Å². The van der Waals surface area contributed by atoms with Crippen molar-refractivity contribution in [1.82, 2.24) is 9.78 Å². The highest BCUT2D eigenvalue weighted by Gasteiger charge is 2.46. The zero-order chi connectivity index (χ0) is 16.9. The number of carbonyl (C=O) groups is 1. The lowest BCUT2D eigenvalue weighted by Crippen LogP contribution is -2.43. The first kappa shape index (κ1) is 15.6. The Morgan fingerprint density at radius 2 is 2.00 bits per heavy atom. The summed E-state index contributed by atoms with van der Waals surface area (Å²) >= 11 is 0. The molecule has 23 heavy (non-hydrogen) atoms. The van der Waals surface area contributed by atoms with Crippen molar-refractivity contribution in [2.45, 2.75) is 39.4 Å². The predicted molar refractivity (Wildman–Crippen MR) is 76.5 cm³/mol. The van der Waals surface area contributed by atoms with Crippen LogP contribution in [0.1, 0.15) is 40.0 Å². The minimum atomic E-state index is -4.40. The first-order chi connectivity index (χ1) is 10.7. The van der Waals surface area contributed by atoms with E-state index in [1.54, 1.807) is 26.8 Å². The highest BCUT2D eigenvalue weighted by atomic mass is 19.4. The summed E-state index contributed by atoms with van der Waals surface area (Å²) < 4.78 is 45.8. The van der Waals surface area contributed by atoms with E-state index >= 15 is 0 Å². The van der Waals surface area contributed by atoms with Crippen LogP contribution in [0.15, 0.2) is 16.5 Å². The van der Waals surface area contributed by atoms with Crippen LogP contribution in [-0.2, 0) is 0 Å². The molecule has 124 valence electrons. The number of nitrogens with zero attached hydrogens (tertiary/aromatic N) is 3. The number of hydrogen-bond donors (Lipinski definition) is 0. The SMILES string of the molecule is Cc1cc2n(n1)C(C(F)(F)F)CCN2C(=O)c1oc(C)cc1C. The summed E-state index contributed by atoms with van der Waals surface area (Å²) in [5.41, 5.74) is 1.09. The van der Waals surface area contributed by atoms with Crippen LogP contribution in [0.5, 0.6) is 0 Å². The maximum atomic E-state index is 13.2. The molecule has 0 bridgehead atoms. The molecule has 0 saturated carbocycles. The lowest BCUT2D eigenvalue weighted by Gasteiger charge is -2.33. The van der Waals surface area contributed by atoms with Gasteiger partial charge in [-0.2, -0.15) is 18.3 Å². The molecule has 0 radical (unpaired) electrons. The van der Waals surface area contributed by atoms with Crippen LogP contribution in [0.2, 0.25) is 0 Å². The highest BCUT2D eigenvalue weighted by Crippen LogP contribution is 2.40. The standard InChI is InChI=1S/C15H16F3N3O2/c1-8-6-10(3)23-13(8)14(22)20-5-4-11(15(16,17)18)21-12(20)7-9(2)19-21/h6-7,11H,4-5H2,1-3H3. The molecule has 0 N–H and O–H groups in total. The van der Waals surface area contributed by atoms with Crippen LogP contribution < -0.4 is 4.90 Å². The lowest BCUT2D eigenvalue weighted by atomic mass is 10.1. The van der Waals surface area contributed by atoms with Gasteiger partial charge in [0.05, 0.1) is 5.69 Å². The van der Waals surface area contributed by atoms with Crippen LogP contribution in [0.3, 0.4) is 0 Å². The number of halogens is 3. The van der Waals surface area contributed by atoms with Crippen molar-refractivity contribution in [2.75, 3.05) is 11.4 Å². The molecule has 1 aliphatic heterocycles. The molecule has 1 atom stereocenters. The molecule has 3 rings (SSSR count). The van der Waals surface area contributed by atoms with Gasteiger partial charge in [0.2, 0.25) is 0 Å². The van der Waals surface area contributed by atoms with Gasteiger partial charge in [-0.3, -0.25) is 9.69 Å². The van der Waals surface area contributed by atoms with E-state index in [0.29, 0.717) is 17.0 Å². The van der Waals surface area contributed by atoms with Gasteiger partial charge in [-0.1, -0.05) is 0 Å². The summed E-state index contributed by atoms with van der Waals surface area (Å²) in [4.78, 5) is 14.0. The average Bonchev–Trinajstić information content (AvgIpc) is 2.97. The zero-order valence-corrected chi connectivity index (χ0v) is 12.9. The third-order valence-corrected chi connectivity index (χ3v) is 3.89. The molecule has 0 aliphatic carbocycles. The predicted octanol–water partition coefficient (Wildman–Crippen LogP) is 3.56. The van der Waals surface area contributed by atoms with E-state index in [-0.39, 0.29) is 24.5 Å². The first-order valence-electron chi connectivity index (χ1n) is 7.20. The summed E-state index contributed by atoms with van der Waals surface area (Å²) in [7, 11) is 0. The summed E-state index contributed by atoms with van der Waals surface area (Å²) in [6.45, 7) is 5.01. The molecule has 1 unspecified atom stereocenters. The van der Waals surface area contributed by atoms with Gasteiger partial charge in [-0.05, 0) is 33.3 Å². The number of alkyl halides is 3. The number of aromatic nitrogens is 2. The molecule has 1 amide bonds. The van der Waals surface area contributed by atoms with Gasteiger partial charge < -0.3 is 4.42 Å². The maximum absolute atomic E-state index is 13.2. The van der Waals surface area contributed by atoms with E-state index in [9.17, 15) is 18.0 Å². The molecule has 2 aromatic rings. The van der Waals surface area contributed by atoms with Crippen molar-refractivity contribution in [3.8, 4) is 0 Å². The van der Waals surface area contributed by atoms with E-state index in [1.807, 2.05) is 0 Å². The molecule has 5 nitrogen and oxygen atoms in total. The van der Waals surface area contributed by atoms with Gasteiger partial charge in [0.15, 0.2) is 11.8 Å². The van der Waals surface area contributed by atoms with Crippen molar-refractivity contribution < 1.29 is 22.4 Å². The average molecular weight is 327 g/mol. The van der Waals surface area contributed by atoms with Crippen molar-refractivity contribution in [1.29, 1.82) is 0 Å². The third-order valence-electron chi connectivity index (χ3n) is 3.89. The van der Waals surface area contributed by atoms with Crippen LogP contribution in [0, 0.1) is 20.8 Å². The van der Waals surface area contributed by atoms with Gasteiger partial charge in [-0.25, -0.2) is 4.68 Å². The zero-order valence-electron chi connectivity index (χ0n) is 12.9. The number of furan rings is 1. The number of rotatable bonds is 1. The smallest absolute Gasteiger partial charge is 0.410 e. The van der Waals surface area contributed by atoms with Crippen molar-refractivity contribution in [2.24, 2.45) is 0 Å². The van der Waals surface area contributed by atoms with E-state index in [1.165, 1.54) is 11.0 Å². The minimum Gasteiger partial charge on any atom is -0.456 e. The summed E-state index contributed by atoms with van der Waals surface area (Å²) in [6, 6.07) is 1.49. The second-order valence-corrected chi connectivity index (χ2v) is 5.76. The topological polar surface area (TPSA) is 51.3 Å². The van der Waals surface area contributed by atoms with Gasteiger partial charge >= 0.3 is 6.18 Å². The quantitative estimate of drug-likeness (QED) is 0.805. The second kappa shape index (κ2) is 5.14. The van der Waals surface area contributed by atoms with E-state index in [0.717, 1.165) is 4.68 Å². The summed E-state index contributed by atoms with van der Waals surface area (Å²) in [6.07, 6.45) is -4.64. The Balaban J connectivity index is 2.02. The Bertz CT molecular complexity index is 761. The Kier molecular flexibility index (Phi) is 3.50. The number of carbonyl (C=O) groups excluding carboxylic acids is 1. The van der Waals surface area contributed by atoms with E-state index in [2.05, 4.69) is 5.10 Å². The number of fused-ring (bicyclic) bond motifs is 1. The lowest BCUT2D eigenvalue weighted by molar-refractivity contribution is -0.172. The Morgan fingerprint density at radius 1 is 1.30 bits per heavy atom. The van der Waals surface area contributed by atoms with Crippen molar-refractivity contribution >= 4 is 11.7 Å². The van der Waals surface area contributed by atoms with Gasteiger partial charge in [-0.15, -0.1) is 0 Å². The molecule has 3 heterocycles. The fourth-order valence-corrected chi connectivity index (χ4v) is 2.91. The van der Waals surface area contributed by atoms with E-state index in [4.69, 9.17) is 4.42 Å². The van der Waals surface area contributed by atoms with Crippen LogP contribution >= 0.6 is 0 Å². The highest BCUT2D eigenvalue weighted by molar-refractivity contribution is 6.04. The molecular weight excluding hydrogens is 311 g/mol.